The molecule has 0 saturated carbocycles. The fraction of sp³-hybridized carbons (Fsp3) is 0.429. The first kappa shape index (κ1) is 26.3. The van der Waals surface area contributed by atoms with Crippen LogP contribution in [0, 0.1) is 18.8 Å². The van der Waals surface area contributed by atoms with Crippen LogP contribution in [0.5, 0.6) is 0 Å². The summed E-state index contributed by atoms with van der Waals surface area (Å²) in [6.45, 7) is 6.00. The highest BCUT2D eigenvalue weighted by Gasteiger charge is 2.68. The second-order valence-electron chi connectivity index (χ2n) is 9.80. The first-order valence-electron chi connectivity index (χ1n) is 12.8. The van der Waals surface area contributed by atoms with E-state index < -0.39 is 41.3 Å². The summed E-state index contributed by atoms with van der Waals surface area (Å²) in [6, 6.07) is 11.9. The second-order valence-corrected chi connectivity index (χ2v) is 9.80. The van der Waals surface area contributed by atoms with Gasteiger partial charge in [-0.15, -0.1) is 0 Å². The molecule has 2 aliphatic rings. The maximum absolute atomic E-state index is 14.2. The molecule has 2 saturated heterocycles. The normalized spacial score (nSPS) is 24.8. The Morgan fingerprint density at radius 3 is 2.27 bits per heavy atom. The number of carbonyl (C=O) groups excluding carboxylic acids is 3. The van der Waals surface area contributed by atoms with Crippen molar-refractivity contribution in [1.82, 2.24) is 10.6 Å². The van der Waals surface area contributed by atoms with E-state index in [4.69, 9.17) is 5.73 Å². The average Bonchev–Trinajstić information content (AvgIpc) is 3.35. The van der Waals surface area contributed by atoms with Crippen LogP contribution in [0.1, 0.15) is 55.0 Å². The summed E-state index contributed by atoms with van der Waals surface area (Å²) in [5.74, 6) is -4.07. The van der Waals surface area contributed by atoms with E-state index in [-0.39, 0.29) is 25.3 Å². The minimum atomic E-state index is -1.69. The maximum atomic E-state index is 14.2. The number of benzene rings is 2. The number of nitrogens with one attached hydrogen (secondary N) is 2. The fourth-order valence-electron chi connectivity index (χ4n) is 6.04. The minimum Gasteiger partial charge on any atom is -0.480 e. The van der Waals surface area contributed by atoms with E-state index in [1.54, 1.807) is 0 Å². The lowest BCUT2D eigenvalue weighted by Gasteiger charge is -2.32. The van der Waals surface area contributed by atoms with Crippen molar-refractivity contribution in [2.75, 3.05) is 11.4 Å². The van der Waals surface area contributed by atoms with Crippen LogP contribution < -0.4 is 21.3 Å². The van der Waals surface area contributed by atoms with Crippen molar-refractivity contribution in [2.24, 2.45) is 17.6 Å². The Morgan fingerprint density at radius 1 is 1.05 bits per heavy atom. The molecule has 0 aromatic heterocycles. The fourth-order valence-corrected chi connectivity index (χ4v) is 6.04. The molecule has 196 valence electrons. The minimum absolute atomic E-state index is 0.0368. The summed E-state index contributed by atoms with van der Waals surface area (Å²) in [4.78, 5) is 53.7. The van der Waals surface area contributed by atoms with Crippen LogP contribution in [-0.4, -0.2) is 41.0 Å². The second kappa shape index (κ2) is 10.3. The SMILES string of the molecule is CCc1cccc(CC)c1N1C(=O)C2C(c3ccccc3C)NC(CCCNC(N)=O)(C(=O)O)C2C1=O. The van der Waals surface area contributed by atoms with Crippen LogP contribution in [0.3, 0.4) is 0 Å². The summed E-state index contributed by atoms with van der Waals surface area (Å²) in [6.07, 6.45) is 1.55. The molecule has 0 bridgehead atoms. The number of aryl methyl sites for hydroxylation is 3. The number of imide groups is 1. The Hall–Kier alpha value is -3.72. The zero-order valence-electron chi connectivity index (χ0n) is 21.4. The molecule has 9 heteroatoms. The summed E-state index contributed by atoms with van der Waals surface area (Å²) < 4.78 is 0. The Labute approximate surface area is 216 Å². The summed E-state index contributed by atoms with van der Waals surface area (Å²) in [7, 11) is 0. The van der Waals surface area contributed by atoms with E-state index in [1.165, 1.54) is 4.90 Å². The van der Waals surface area contributed by atoms with Crippen LogP contribution in [0.25, 0.3) is 0 Å². The Morgan fingerprint density at radius 2 is 1.70 bits per heavy atom. The number of nitrogens with two attached hydrogens (primary N) is 1. The maximum Gasteiger partial charge on any atom is 0.324 e. The predicted octanol–water partition coefficient (Wildman–Crippen LogP) is 2.84. The molecule has 4 amide bonds. The number of primary amides is 1. The van der Waals surface area contributed by atoms with E-state index in [1.807, 2.05) is 63.2 Å². The van der Waals surface area contributed by atoms with Gasteiger partial charge < -0.3 is 16.2 Å². The number of carboxylic acids is 1. The first-order chi connectivity index (χ1) is 17.7. The molecule has 9 nitrogen and oxygen atoms in total. The van der Waals surface area contributed by atoms with Gasteiger partial charge in [0, 0.05) is 12.6 Å². The van der Waals surface area contributed by atoms with Gasteiger partial charge in [0.1, 0.15) is 5.54 Å². The molecule has 37 heavy (non-hydrogen) atoms. The molecule has 2 aromatic carbocycles. The Kier molecular flexibility index (Phi) is 7.36. The molecule has 0 spiro atoms. The van der Waals surface area contributed by atoms with Gasteiger partial charge in [-0.05, 0) is 54.9 Å². The van der Waals surface area contributed by atoms with Crippen molar-refractivity contribution < 1.29 is 24.3 Å². The highest BCUT2D eigenvalue weighted by Crippen LogP contribution is 2.52. The first-order valence-corrected chi connectivity index (χ1v) is 12.8. The highest BCUT2D eigenvalue weighted by atomic mass is 16.4. The van der Waals surface area contributed by atoms with Crippen molar-refractivity contribution in [3.63, 3.8) is 0 Å². The molecule has 4 unspecified atom stereocenters. The number of urea groups is 1. The standard InChI is InChI=1S/C28H34N4O5/c1-4-17-11-8-12-18(5-2)23(17)32-24(33)20-21(25(32)34)28(26(35)36,14-9-15-30-27(29)37)31-22(20)19-13-7-6-10-16(19)3/h6-8,10-13,20-22,31H,4-5,9,14-15H2,1-3H3,(H,35,36)(H3,29,30,37). The molecule has 0 aliphatic carbocycles. The molecular weight excluding hydrogens is 472 g/mol. The van der Waals surface area contributed by atoms with Gasteiger partial charge >= 0.3 is 12.0 Å². The largest absolute Gasteiger partial charge is 0.480 e. The zero-order chi connectivity index (χ0) is 26.9. The number of aliphatic carboxylic acids is 1. The monoisotopic (exact) mass is 506 g/mol. The third-order valence-electron chi connectivity index (χ3n) is 7.80. The van der Waals surface area contributed by atoms with Gasteiger partial charge in [-0.25, -0.2) is 9.69 Å². The molecule has 2 heterocycles. The lowest BCUT2D eigenvalue weighted by atomic mass is 9.76. The van der Waals surface area contributed by atoms with Gasteiger partial charge in [0.2, 0.25) is 11.8 Å². The number of rotatable bonds is 9. The molecule has 4 atom stereocenters. The number of amides is 4. The van der Waals surface area contributed by atoms with Crippen molar-refractivity contribution >= 4 is 29.5 Å². The number of hydrogen-bond acceptors (Lipinski definition) is 5. The predicted molar refractivity (Wildman–Crippen MR) is 139 cm³/mol. The van der Waals surface area contributed by atoms with Gasteiger partial charge in [-0.2, -0.15) is 0 Å². The molecule has 2 aliphatic heterocycles. The molecule has 5 N–H and O–H groups in total. The lowest BCUT2D eigenvalue weighted by molar-refractivity contribution is -0.149. The molecular formula is C28H34N4O5. The van der Waals surface area contributed by atoms with Gasteiger partial charge in [0.15, 0.2) is 0 Å². The van der Waals surface area contributed by atoms with Crippen molar-refractivity contribution in [3.8, 4) is 0 Å². The number of para-hydroxylation sites is 1. The number of fused-ring (bicyclic) bond motifs is 1. The van der Waals surface area contributed by atoms with E-state index in [0.29, 0.717) is 18.5 Å². The molecule has 0 radical (unpaired) electrons. The average molecular weight is 507 g/mol. The van der Waals surface area contributed by atoms with Gasteiger partial charge in [0.25, 0.3) is 0 Å². The van der Waals surface area contributed by atoms with Crippen LogP contribution in [0.4, 0.5) is 10.5 Å². The summed E-state index contributed by atoms with van der Waals surface area (Å²) in [5.41, 5.74) is 7.49. The Bertz CT molecular complexity index is 1220. The van der Waals surface area contributed by atoms with Crippen LogP contribution in [0.15, 0.2) is 42.5 Å². The smallest absolute Gasteiger partial charge is 0.324 e. The van der Waals surface area contributed by atoms with Gasteiger partial charge in [0.05, 0.1) is 17.5 Å². The van der Waals surface area contributed by atoms with Crippen LogP contribution >= 0.6 is 0 Å². The van der Waals surface area contributed by atoms with Crippen molar-refractivity contribution in [3.05, 3.63) is 64.7 Å². The third kappa shape index (κ3) is 4.37. The summed E-state index contributed by atoms with van der Waals surface area (Å²) in [5, 5.41) is 16.3. The number of carbonyl (C=O) groups is 4. The topological polar surface area (TPSA) is 142 Å². The number of nitrogens with zero attached hydrogens (tertiary/aromatic N) is 1. The Balaban J connectivity index is 1.86. The number of hydrogen-bond donors (Lipinski definition) is 4. The van der Waals surface area contributed by atoms with Crippen LogP contribution in [-0.2, 0) is 27.2 Å². The van der Waals surface area contributed by atoms with Crippen molar-refractivity contribution in [1.29, 1.82) is 0 Å². The van der Waals surface area contributed by atoms with E-state index in [2.05, 4.69) is 10.6 Å². The van der Waals surface area contributed by atoms with E-state index in [0.717, 1.165) is 22.3 Å². The molecule has 2 aromatic rings. The third-order valence-corrected chi connectivity index (χ3v) is 7.80. The van der Waals surface area contributed by atoms with Gasteiger partial charge in [-0.3, -0.25) is 19.7 Å². The number of carboxylic acid groups (broad SMARTS) is 1. The van der Waals surface area contributed by atoms with E-state index >= 15 is 0 Å². The van der Waals surface area contributed by atoms with Gasteiger partial charge in [-0.1, -0.05) is 56.3 Å². The molecule has 4 rings (SSSR count). The van der Waals surface area contributed by atoms with Crippen LogP contribution in [0.2, 0.25) is 0 Å². The quantitative estimate of drug-likeness (QED) is 0.304. The van der Waals surface area contributed by atoms with Crippen molar-refractivity contribution in [2.45, 2.75) is 58.0 Å². The number of anilines is 1. The van der Waals surface area contributed by atoms with E-state index in [9.17, 15) is 24.3 Å². The highest BCUT2D eigenvalue weighted by molar-refractivity contribution is 6.25. The summed E-state index contributed by atoms with van der Waals surface area (Å²) >= 11 is 0. The lowest BCUT2D eigenvalue weighted by Crippen LogP contribution is -2.56. The molecule has 2 fully saturated rings. The zero-order valence-corrected chi connectivity index (χ0v) is 21.4.